The van der Waals surface area contributed by atoms with Crippen LogP contribution in [0.15, 0.2) is 54.4 Å². The van der Waals surface area contributed by atoms with E-state index >= 15 is 4.39 Å². The molecular weight excluding hydrogens is 596 g/mol. The van der Waals surface area contributed by atoms with Gasteiger partial charge in [-0.3, -0.25) is 4.79 Å². The standard InChI is InChI=1S/C34H41BFNO9/c1-20-15-26(36)30(42-18-22-11-13-25(41-7)14-12-22)31-27(45-34(3,4)46-31)10-8-9-23-16-24(37(5)33(35)39)17-28(43-19-40-6)29(23)32(38)44-21(20)2/h8-9,11-17,20-21,27,30-31H,10,18-19H2,1-7H3/b9-8+,26-15+/t20-,21+,27+,30-,31+/m1/s1. The molecule has 10 nitrogen and oxygen atoms in total. The fourth-order valence-electron chi connectivity index (χ4n) is 5.22. The van der Waals surface area contributed by atoms with E-state index < -0.39 is 53.7 Å². The summed E-state index contributed by atoms with van der Waals surface area (Å²) in [6, 6.07) is 10.4. The zero-order valence-corrected chi connectivity index (χ0v) is 27.3. The highest BCUT2D eigenvalue weighted by Gasteiger charge is 2.47. The number of carbonyl (C=O) groups is 2. The number of ether oxygens (including phenoxy) is 7. The van der Waals surface area contributed by atoms with E-state index in [1.807, 2.05) is 12.1 Å². The van der Waals surface area contributed by atoms with Crippen LogP contribution in [0.3, 0.4) is 0 Å². The third kappa shape index (κ3) is 8.55. The molecule has 0 unspecified atom stereocenters. The average Bonchev–Trinajstić information content (AvgIpc) is 3.32. The Labute approximate surface area is 270 Å². The summed E-state index contributed by atoms with van der Waals surface area (Å²) in [5.74, 6) is -2.73. The van der Waals surface area contributed by atoms with Crippen LogP contribution in [0, 0.1) is 5.92 Å². The van der Waals surface area contributed by atoms with E-state index in [1.165, 1.54) is 31.2 Å². The molecule has 0 aliphatic carbocycles. The number of esters is 1. The van der Waals surface area contributed by atoms with Crippen molar-refractivity contribution in [1.82, 2.24) is 0 Å². The van der Waals surface area contributed by atoms with E-state index in [0.717, 1.165) is 5.56 Å². The minimum Gasteiger partial charge on any atom is -0.497 e. The van der Waals surface area contributed by atoms with Gasteiger partial charge in [0.25, 0.3) is 0 Å². The predicted octanol–water partition coefficient (Wildman–Crippen LogP) is 5.96. The van der Waals surface area contributed by atoms with Gasteiger partial charge in [-0.25, -0.2) is 9.18 Å². The number of hydrogen-bond acceptors (Lipinski definition) is 9. The lowest BCUT2D eigenvalue weighted by atomic mass is 9.97. The van der Waals surface area contributed by atoms with Crippen LogP contribution in [0.5, 0.6) is 11.5 Å². The number of fused-ring (bicyclic) bond motifs is 2. The first kappa shape index (κ1) is 35.2. The average molecular weight is 638 g/mol. The first-order chi connectivity index (χ1) is 21.8. The fraction of sp³-hybridized carbons (Fsp3) is 0.471. The van der Waals surface area contributed by atoms with Crippen molar-refractivity contribution in [3.8, 4) is 11.5 Å². The number of cyclic esters (lactones) is 1. The van der Waals surface area contributed by atoms with Gasteiger partial charge in [0, 0.05) is 31.8 Å². The summed E-state index contributed by atoms with van der Waals surface area (Å²) in [5.41, 5.74) is 1.71. The Kier molecular flexibility index (Phi) is 11.7. The number of nitrogens with zero attached hydrogens (tertiary/aromatic N) is 1. The lowest BCUT2D eigenvalue weighted by Gasteiger charge is -2.27. The minimum atomic E-state index is -1.12. The highest BCUT2D eigenvalue weighted by atomic mass is 19.1. The van der Waals surface area contributed by atoms with Gasteiger partial charge >= 0.3 is 5.97 Å². The smallest absolute Gasteiger partial charge is 0.342 e. The van der Waals surface area contributed by atoms with Crippen molar-refractivity contribution in [2.45, 2.75) is 70.9 Å². The van der Waals surface area contributed by atoms with Crippen LogP contribution in [0.25, 0.3) is 6.08 Å². The van der Waals surface area contributed by atoms with Crippen LogP contribution in [0.2, 0.25) is 0 Å². The number of halogens is 1. The monoisotopic (exact) mass is 637 g/mol. The van der Waals surface area contributed by atoms with Crippen molar-refractivity contribution in [3.05, 3.63) is 71.1 Å². The normalized spacial score (nSPS) is 26.4. The molecule has 0 aromatic heterocycles. The van der Waals surface area contributed by atoms with Crippen molar-refractivity contribution in [3.63, 3.8) is 0 Å². The Balaban J connectivity index is 1.77. The van der Waals surface area contributed by atoms with E-state index in [1.54, 1.807) is 65.2 Å². The maximum Gasteiger partial charge on any atom is 0.342 e. The lowest BCUT2D eigenvalue weighted by Crippen LogP contribution is -2.38. The lowest BCUT2D eigenvalue weighted by molar-refractivity contribution is -0.158. The van der Waals surface area contributed by atoms with Crippen LogP contribution in [0.4, 0.5) is 14.9 Å². The molecule has 2 heterocycles. The minimum absolute atomic E-state index is 0.103. The predicted molar refractivity (Wildman–Crippen MR) is 171 cm³/mol. The van der Waals surface area contributed by atoms with Crippen molar-refractivity contribution < 1.29 is 47.1 Å². The maximum absolute atomic E-state index is 16.2. The van der Waals surface area contributed by atoms with E-state index in [0.29, 0.717) is 17.0 Å². The van der Waals surface area contributed by atoms with E-state index in [-0.39, 0.29) is 31.1 Å². The first-order valence-electron chi connectivity index (χ1n) is 15.0. The Bertz CT molecular complexity index is 1440. The second-order valence-electron chi connectivity index (χ2n) is 11.7. The summed E-state index contributed by atoms with van der Waals surface area (Å²) in [5, 5.41) is 0. The van der Waals surface area contributed by atoms with Crippen molar-refractivity contribution >= 4 is 31.4 Å². The molecule has 2 radical (unpaired) electrons. The number of rotatable bonds is 8. The van der Waals surface area contributed by atoms with Gasteiger partial charge in [0.2, 0.25) is 7.85 Å². The van der Waals surface area contributed by atoms with Crippen LogP contribution < -0.4 is 14.4 Å². The summed E-state index contributed by atoms with van der Waals surface area (Å²) < 4.78 is 56.8. The summed E-state index contributed by atoms with van der Waals surface area (Å²) in [6.45, 7) is 6.87. The molecular formula is C34H41BFNO9. The Hall–Kier alpha value is -3.71. The molecule has 1 amide bonds. The maximum atomic E-state index is 16.2. The van der Waals surface area contributed by atoms with Crippen LogP contribution in [-0.4, -0.2) is 77.9 Å². The van der Waals surface area contributed by atoms with Crippen LogP contribution >= 0.6 is 0 Å². The van der Waals surface area contributed by atoms with E-state index in [2.05, 4.69) is 0 Å². The van der Waals surface area contributed by atoms with Gasteiger partial charge in [-0.05, 0) is 62.6 Å². The summed E-state index contributed by atoms with van der Waals surface area (Å²) >= 11 is 0. The summed E-state index contributed by atoms with van der Waals surface area (Å²) in [4.78, 5) is 26.9. The second kappa shape index (κ2) is 15.3. The molecule has 0 saturated carbocycles. The third-order valence-corrected chi connectivity index (χ3v) is 7.87. The second-order valence-corrected chi connectivity index (χ2v) is 11.7. The quantitative estimate of drug-likeness (QED) is 0.197. The molecule has 1 saturated heterocycles. The third-order valence-electron chi connectivity index (χ3n) is 7.87. The SMILES string of the molecule is [B]C(=O)N(C)c1cc2c(c(OCOC)c1)C(=O)O[C@@H](C)[C@H](C)/C=C(/F)[C@@H](OCc1ccc(OC)cc1)[C@H]1OC(C)(C)O[C@H]1C/C=C/2. The first-order valence-corrected chi connectivity index (χ1v) is 15.0. The zero-order chi connectivity index (χ0) is 33.6. The van der Waals surface area contributed by atoms with Crippen LogP contribution in [-0.2, 0) is 30.3 Å². The molecule has 246 valence electrons. The molecule has 2 aromatic carbocycles. The van der Waals surface area contributed by atoms with Gasteiger partial charge in [0.1, 0.15) is 41.2 Å². The molecule has 12 heteroatoms. The largest absolute Gasteiger partial charge is 0.497 e. The van der Waals surface area contributed by atoms with Crippen molar-refractivity contribution in [1.29, 1.82) is 0 Å². The van der Waals surface area contributed by atoms with E-state index in [4.69, 9.17) is 41.0 Å². The highest BCUT2D eigenvalue weighted by Crippen LogP contribution is 2.37. The number of benzene rings is 2. The van der Waals surface area contributed by atoms with E-state index in [9.17, 15) is 9.59 Å². The summed E-state index contributed by atoms with van der Waals surface area (Å²) in [7, 11) is 10.1. The zero-order valence-electron chi connectivity index (χ0n) is 27.3. The Morgan fingerprint density at radius 1 is 1.13 bits per heavy atom. The van der Waals surface area contributed by atoms with Crippen LogP contribution in [0.1, 0.15) is 55.6 Å². The highest BCUT2D eigenvalue weighted by molar-refractivity contribution is 6.60. The van der Waals surface area contributed by atoms with Crippen molar-refractivity contribution in [2.24, 2.45) is 5.92 Å². The molecule has 2 aliphatic heterocycles. The molecule has 2 aromatic rings. The molecule has 2 aliphatic rings. The fourth-order valence-corrected chi connectivity index (χ4v) is 5.22. The number of methoxy groups -OCH3 is 2. The topological polar surface area (TPSA) is 102 Å². The van der Waals surface area contributed by atoms with Gasteiger partial charge in [0.15, 0.2) is 18.4 Å². The molecule has 46 heavy (non-hydrogen) atoms. The molecule has 1 fully saturated rings. The molecule has 4 rings (SSSR count). The number of carbonyl (C=O) groups excluding carboxylic acids is 2. The molecule has 0 N–H and O–H groups in total. The van der Waals surface area contributed by atoms with Gasteiger partial charge in [-0.1, -0.05) is 31.2 Å². The Morgan fingerprint density at radius 2 is 1.85 bits per heavy atom. The number of anilines is 1. The molecule has 0 spiro atoms. The van der Waals surface area contributed by atoms with Gasteiger partial charge in [-0.15, -0.1) is 0 Å². The van der Waals surface area contributed by atoms with Gasteiger partial charge in [-0.2, -0.15) is 0 Å². The summed E-state index contributed by atoms with van der Waals surface area (Å²) in [6.07, 6.45) is 1.84. The van der Waals surface area contributed by atoms with Gasteiger partial charge < -0.3 is 38.1 Å². The van der Waals surface area contributed by atoms with Crippen molar-refractivity contribution in [2.75, 3.05) is 33.0 Å². The molecule has 0 bridgehead atoms. The number of amides is 1. The Morgan fingerprint density at radius 3 is 2.50 bits per heavy atom. The van der Waals surface area contributed by atoms with Gasteiger partial charge in [0.05, 0.1) is 19.8 Å². The molecule has 5 atom stereocenters. The number of hydrogen-bond donors (Lipinski definition) is 0.